The van der Waals surface area contributed by atoms with E-state index >= 15 is 0 Å². The van der Waals surface area contributed by atoms with Gasteiger partial charge >= 0.3 is 5.97 Å². The van der Waals surface area contributed by atoms with E-state index in [0.717, 1.165) is 16.5 Å². The van der Waals surface area contributed by atoms with Gasteiger partial charge in [-0.2, -0.15) is 11.8 Å². The van der Waals surface area contributed by atoms with Gasteiger partial charge in [0.05, 0.1) is 6.61 Å². The third kappa shape index (κ3) is 10.1. The number of aliphatic imine (C=N–C) groups is 1. The Kier molecular flexibility index (Phi) is 13.2. The minimum absolute atomic E-state index is 0.0429. The molecule has 0 saturated heterocycles. The minimum Gasteiger partial charge on any atom is -0.480 e. The zero-order valence-electron chi connectivity index (χ0n) is 22.3. The van der Waals surface area contributed by atoms with Gasteiger partial charge in [0.2, 0.25) is 17.7 Å². The Balaban J connectivity index is 2.28. The SMILES string of the molecule is CSCCC(NC(=O)C(N)CO)C(=O)NC(Cc1c[nH]c2ccccc12)C(=O)NC(CCCN=C(N)N)C(=O)O. The fourth-order valence-corrected chi connectivity index (χ4v) is 4.37. The van der Waals surface area contributed by atoms with Crippen molar-refractivity contribution in [3.8, 4) is 0 Å². The van der Waals surface area contributed by atoms with Gasteiger partial charge in [0.1, 0.15) is 24.2 Å². The van der Waals surface area contributed by atoms with Crippen molar-refractivity contribution in [3.63, 3.8) is 0 Å². The van der Waals surface area contributed by atoms with Crippen LogP contribution in [0.15, 0.2) is 35.5 Å². The van der Waals surface area contributed by atoms with Crippen LogP contribution in [0.25, 0.3) is 10.9 Å². The van der Waals surface area contributed by atoms with Gasteiger partial charge in [0.25, 0.3) is 0 Å². The summed E-state index contributed by atoms with van der Waals surface area (Å²) in [5.41, 5.74) is 17.7. The number of aliphatic hydroxyl groups is 1. The van der Waals surface area contributed by atoms with Crippen LogP contribution in [-0.2, 0) is 25.6 Å². The molecule has 1 aromatic heterocycles. The summed E-state index contributed by atoms with van der Waals surface area (Å²) in [5.74, 6) is -2.93. The van der Waals surface area contributed by atoms with E-state index < -0.39 is 54.5 Å². The summed E-state index contributed by atoms with van der Waals surface area (Å²) in [4.78, 5) is 57.8. The molecule has 4 atom stereocenters. The number of nitrogens with two attached hydrogens (primary N) is 3. The molecule has 15 heteroatoms. The molecule has 3 amide bonds. The first-order valence-corrected chi connectivity index (χ1v) is 14.1. The highest BCUT2D eigenvalue weighted by Gasteiger charge is 2.30. The molecule has 220 valence electrons. The van der Waals surface area contributed by atoms with Gasteiger partial charge in [-0.1, -0.05) is 18.2 Å². The van der Waals surface area contributed by atoms with Crippen molar-refractivity contribution >= 4 is 52.3 Å². The van der Waals surface area contributed by atoms with Gasteiger partial charge in [0.15, 0.2) is 5.96 Å². The topological polar surface area (TPSA) is 251 Å². The maximum atomic E-state index is 13.4. The lowest BCUT2D eigenvalue weighted by Crippen LogP contribution is -2.58. The highest BCUT2D eigenvalue weighted by molar-refractivity contribution is 7.98. The third-order valence-electron chi connectivity index (χ3n) is 6.07. The number of para-hydroxylation sites is 1. The van der Waals surface area contributed by atoms with E-state index in [-0.39, 0.29) is 31.8 Å². The number of fused-ring (bicyclic) bond motifs is 1. The number of aliphatic carboxylic acids is 1. The number of carboxylic acids is 1. The number of guanidine groups is 1. The molecule has 0 spiro atoms. The molecule has 1 heterocycles. The smallest absolute Gasteiger partial charge is 0.326 e. The van der Waals surface area contributed by atoms with E-state index in [4.69, 9.17) is 17.2 Å². The minimum atomic E-state index is -1.25. The predicted octanol–water partition coefficient (Wildman–Crippen LogP) is -1.62. The number of thioether (sulfide) groups is 1. The van der Waals surface area contributed by atoms with E-state index in [2.05, 4.69) is 25.9 Å². The molecule has 40 heavy (non-hydrogen) atoms. The molecule has 12 N–H and O–H groups in total. The number of aromatic nitrogens is 1. The largest absolute Gasteiger partial charge is 0.480 e. The second kappa shape index (κ2) is 16.3. The second-order valence-electron chi connectivity index (χ2n) is 9.10. The van der Waals surface area contributed by atoms with E-state index in [1.165, 1.54) is 11.8 Å². The highest BCUT2D eigenvalue weighted by atomic mass is 32.2. The molecule has 4 unspecified atom stereocenters. The molecule has 0 aliphatic carbocycles. The highest BCUT2D eigenvalue weighted by Crippen LogP contribution is 2.19. The zero-order valence-corrected chi connectivity index (χ0v) is 23.1. The lowest BCUT2D eigenvalue weighted by molar-refractivity contribution is -0.142. The Morgan fingerprint density at radius 3 is 2.30 bits per heavy atom. The zero-order chi connectivity index (χ0) is 29.7. The fraction of sp³-hybridized carbons (Fsp3) is 0.480. The first-order chi connectivity index (χ1) is 19.1. The van der Waals surface area contributed by atoms with Crippen molar-refractivity contribution in [2.75, 3.05) is 25.2 Å². The Hall–Kier alpha value is -3.82. The number of aliphatic hydroxyl groups excluding tert-OH is 1. The van der Waals surface area contributed by atoms with Crippen molar-refractivity contribution in [3.05, 3.63) is 36.0 Å². The number of rotatable bonds is 17. The molecule has 0 radical (unpaired) electrons. The van der Waals surface area contributed by atoms with Crippen LogP contribution in [-0.4, -0.2) is 94.2 Å². The second-order valence-corrected chi connectivity index (χ2v) is 10.1. The van der Waals surface area contributed by atoms with Crippen molar-refractivity contribution in [1.29, 1.82) is 0 Å². The Morgan fingerprint density at radius 1 is 1.00 bits per heavy atom. The molecular weight excluding hydrogens is 540 g/mol. The molecule has 2 aromatic rings. The normalized spacial score (nSPS) is 14.0. The van der Waals surface area contributed by atoms with Gasteiger partial charge in [0, 0.05) is 30.1 Å². The number of carbonyl (C=O) groups excluding carboxylic acids is 3. The number of carboxylic acid groups (broad SMARTS) is 1. The number of aromatic amines is 1. The van der Waals surface area contributed by atoms with E-state index in [9.17, 15) is 29.4 Å². The summed E-state index contributed by atoms with van der Waals surface area (Å²) in [6.07, 6.45) is 4.18. The van der Waals surface area contributed by atoms with Gasteiger partial charge in [-0.15, -0.1) is 0 Å². The quantitative estimate of drug-likeness (QED) is 0.0589. The summed E-state index contributed by atoms with van der Waals surface area (Å²) in [6.45, 7) is -0.418. The Labute approximate surface area is 235 Å². The number of benzene rings is 1. The van der Waals surface area contributed by atoms with E-state index in [0.29, 0.717) is 12.2 Å². The van der Waals surface area contributed by atoms with Crippen LogP contribution < -0.4 is 33.2 Å². The average molecular weight is 579 g/mol. The first kappa shape index (κ1) is 32.4. The summed E-state index contributed by atoms with van der Waals surface area (Å²) < 4.78 is 0. The van der Waals surface area contributed by atoms with Gasteiger partial charge in [-0.25, -0.2) is 4.79 Å². The van der Waals surface area contributed by atoms with Crippen molar-refractivity contribution in [2.24, 2.45) is 22.2 Å². The van der Waals surface area contributed by atoms with Crippen LogP contribution in [0.4, 0.5) is 0 Å². The molecule has 0 bridgehead atoms. The molecule has 1 aromatic carbocycles. The van der Waals surface area contributed by atoms with Crippen molar-refractivity contribution in [1.82, 2.24) is 20.9 Å². The Bertz CT molecular complexity index is 1190. The molecule has 2 rings (SSSR count). The summed E-state index contributed by atoms with van der Waals surface area (Å²) in [5, 5.41) is 27.4. The van der Waals surface area contributed by atoms with E-state index in [1.54, 1.807) is 6.20 Å². The number of hydrogen-bond donors (Lipinski definition) is 9. The van der Waals surface area contributed by atoms with Crippen LogP contribution >= 0.6 is 11.8 Å². The lowest BCUT2D eigenvalue weighted by Gasteiger charge is -2.25. The fourth-order valence-electron chi connectivity index (χ4n) is 3.90. The molecule has 0 fully saturated rings. The van der Waals surface area contributed by atoms with Crippen LogP contribution in [0, 0.1) is 0 Å². The number of nitrogens with one attached hydrogen (secondary N) is 4. The maximum Gasteiger partial charge on any atom is 0.326 e. The van der Waals surface area contributed by atoms with E-state index in [1.807, 2.05) is 30.5 Å². The summed E-state index contributed by atoms with van der Waals surface area (Å²) >= 11 is 1.46. The van der Waals surface area contributed by atoms with Crippen LogP contribution in [0.2, 0.25) is 0 Å². The van der Waals surface area contributed by atoms with Gasteiger partial charge < -0.3 is 48.3 Å². The van der Waals surface area contributed by atoms with Gasteiger partial charge in [-0.3, -0.25) is 19.4 Å². The number of hydrogen-bond acceptors (Lipinski definition) is 8. The molecule has 0 saturated carbocycles. The van der Waals surface area contributed by atoms with Crippen molar-refractivity contribution in [2.45, 2.75) is 49.9 Å². The van der Waals surface area contributed by atoms with Crippen molar-refractivity contribution < 1.29 is 29.4 Å². The van der Waals surface area contributed by atoms with Crippen LogP contribution in [0.3, 0.4) is 0 Å². The first-order valence-electron chi connectivity index (χ1n) is 12.7. The molecule has 0 aliphatic rings. The van der Waals surface area contributed by atoms with Crippen LogP contribution in [0.5, 0.6) is 0 Å². The summed E-state index contributed by atoms with van der Waals surface area (Å²) in [6, 6.07) is 2.73. The maximum absolute atomic E-state index is 13.4. The number of nitrogens with zero attached hydrogens (tertiary/aromatic N) is 1. The number of carbonyl (C=O) groups is 4. The lowest BCUT2D eigenvalue weighted by atomic mass is 10.0. The number of H-pyrrole nitrogens is 1. The molecule has 14 nitrogen and oxygen atoms in total. The standard InChI is InChI=1S/C25H38N8O6S/c1-40-10-8-18(31-21(35)16(26)13-34)22(36)33-20(11-14-12-30-17-6-3-2-5-15(14)17)23(37)32-19(24(38)39)7-4-9-29-25(27)28/h2-3,5-6,12,16,18-20,30,34H,4,7-11,13,26H2,1H3,(H,31,35)(H,32,37)(H,33,36)(H,38,39)(H4,27,28,29). The summed E-state index contributed by atoms with van der Waals surface area (Å²) in [7, 11) is 0. The monoisotopic (exact) mass is 578 g/mol. The molecule has 0 aliphatic heterocycles. The van der Waals surface area contributed by atoms with Gasteiger partial charge in [-0.05, 0) is 42.9 Å². The predicted molar refractivity (Wildman–Crippen MR) is 153 cm³/mol. The molecular formula is C25H38N8O6S. The average Bonchev–Trinajstić information content (AvgIpc) is 3.33. The number of amides is 3. The third-order valence-corrected chi connectivity index (χ3v) is 6.71. The van der Waals surface area contributed by atoms with Crippen LogP contribution in [0.1, 0.15) is 24.8 Å². The Morgan fingerprint density at radius 2 is 1.65 bits per heavy atom.